The van der Waals surface area contributed by atoms with Crippen molar-refractivity contribution < 1.29 is 14.3 Å². The number of nitrogens with one attached hydrogen (secondary N) is 3. The number of nitrogens with zero attached hydrogens (tertiary/aromatic N) is 1. The topological polar surface area (TPSA) is 86.5 Å². The van der Waals surface area contributed by atoms with Crippen LogP contribution >= 0.6 is 0 Å². The van der Waals surface area contributed by atoms with E-state index in [-0.39, 0.29) is 11.9 Å². The molecule has 1 amide bonds. The van der Waals surface area contributed by atoms with Crippen LogP contribution in [0.25, 0.3) is 10.9 Å². The van der Waals surface area contributed by atoms with Gasteiger partial charge in [-0.2, -0.15) is 0 Å². The summed E-state index contributed by atoms with van der Waals surface area (Å²) >= 11 is 0. The van der Waals surface area contributed by atoms with E-state index in [9.17, 15) is 9.59 Å². The van der Waals surface area contributed by atoms with Gasteiger partial charge in [-0.3, -0.25) is 9.59 Å². The Labute approximate surface area is 196 Å². The van der Waals surface area contributed by atoms with Crippen molar-refractivity contribution in [3.63, 3.8) is 0 Å². The van der Waals surface area contributed by atoms with E-state index >= 15 is 0 Å². The number of ether oxygens (including phenoxy) is 1. The smallest absolute Gasteiger partial charge is 0.327 e. The summed E-state index contributed by atoms with van der Waals surface area (Å²) in [5.41, 5.74) is 2.07. The number of hydrogen-bond donors (Lipinski definition) is 3. The van der Waals surface area contributed by atoms with Crippen molar-refractivity contribution in [2.24, 2.45) is 0 Å². The Hall–Kier alpha value is -3.94. The summed E-state index contributed by atoms with van der Waals surface area (Å²) in [6.07, 6.45) is 1.80. The van der Waals surface area contributed by atoms with Crippen molar-refractivity contribution in [3.8, 4) is 0 Å². The van der Waals surface area contributed by atoms with E-state index in [4.69, 9.17) is 4.74 Å². The molecule has 6 rings (SSSR count). The van der Waals surface area contributed by atoms with Crippen LogP contribution in [0.4, 0.5) is 5.69 Å². The summed E-state index contributed by atoms with van der Waals surface area (Å²) in [5.74, 6) is -0.540. The highest BCUT2D eigenvalue weighted by atomic mass is 16.6. The Bertz CT molecular complexity index is 1310. The lowest BCUT2D eigenvalue weighted by molar-refractivity contribution is -0.152. The Kier molecular flexibility index (Phi) is 4.94. The van der Waals surface area contributed by atoms with E-state index in [1.807, 2.05) is 89.8 Å². The van der Waals surface area contributed by atoms with E-state index in [0.29, 0.717) is 18.8 Å². The lowest BCUT2D eigenvalue weighted by atomic mass is 9.90. The molecule has 0 spiro atoms. The van der Waals surface area contributed by atoms with Gasteiger partial charge in [-0.15, -0.1) is 0 Å². The molecule has 0 radical (unpaired) electrons. The Morgan fingerprint density at radius 1 is 0.912 bits per heavy atom. The predicted molar refractivity (Wildman–Crippen MR) is 129 cm³/mol. The number of para-hydroxylation sites is 1. The highest BCUT2D eigenvalue weighted by molar-refractivity contribution is 6.04. The molecule has 7 nitrogen and oxygen atoms in total. The number of aromatic nitrogens is 1. The zero-order valence-electron chi connectivity index (χ0n) is 18.4. The first-order valence-corrected chi connectivity index (χ1v) is 11.4. The van der Waals surface area contributed by atoms with Gasteiger partial charge in [-0.25, -0.2) is 4.90 Å². The summed E-state index contributed by atoms with van der Waals surface area (Å²) in [7, 11) is 0. The van der Waals surface area contributed by atoms with Gasteiger partial charge in [0.15, 0.2) is 0 Å². The van der Waals surface area contributed by atoms with Gasteiger partial charge in [-0.1, -0.05) is 78.9 Å². The zero-order valence-corrected chi connectivity index (χ0v) is 18.4. The highest BCUT2D eigenvalue weighted by Crippen LogP contribution is 2.45. The molecule has 2 saturated heterocycles. The van der Waals surface area contributed by atoms with Crippen molar-refractivity contribution >= 4 is 28.5 Å². The minimum absolute atomic E-state index is 0.198. The number of aromatic amines is 1. The molecule has 3 N–H and O–H groups in total. The van der Waals surface area contributed by atoms with Gasteiger partial charge < -0.3 is 20.4 Å². The molecule has 2 aliphatic heterocycles. The third-order valence-corrected chi connectivity index (χ3v) is 6.71. The number of fused-ring (bicyclic) bond motifs is 2. The number of hydrogen-bond acceptors (Lipinski definition) is 5. The van der Waals surface area contributed by atoms with E-state index < -0.39 is 17.8 Å². The van der Waals surface area contributed by atoms with Crippen LogP contribution in [-0.4, -0.2) is 46.9 Å². The SMILES string of the molecule is O=C(Nc1c[nH]c2ccccc12)C1CNCC2C(=O)OC(c3ccccc3)(c3ccccc3)N12. The number of carbonyl (C=O) groups excluding carboxylic acids is 2. The second-order valence-corrected chi connectivity index (χ2v) is 8.63. The molecule has 4 aromatic rings. The van der Waals surface area contributed by atoms with Crippen molar-refractivity contribution in [1.82, 2.24) is 15.2 Å². The van der Waals surface area contributed by atoms with Gasteiger partial charge >= 0.3 is 5.97 Å². The van der Waals surface area contributed by atoms with Crippen LogP contribution in [0.5, 0.6) is 0 Å². The summed E-state index contributed by atoms with van der Waals surface area (Å²) in [4.78, 5) is 32.1. The van der Waals surface area contributed by atoms with Crippen LogP contribution in [0.3, 0.4) is 0 Å². The minimum Gasteiger partial charge on any atom is -0.434 e. The maximum atomic E-state index is 13.7. The fourth-order valence-corrected chi connectivity index (χ4v) is 5.19. The van der Waals surface area contributed by atoms with Gasteiger partial charge in [0.2, 0.25) is 11.6 Å². The second-order valence-electron chi connectivity index (χ2n) is 8.63. The average molecular weight is 453 g/mol. The number of H-pyrrole nitrogens is 1. The Morgan fingerprint density at radius 3 is 2.26 bits per heavy atom. The molecule has 2 aliphatic rings. The van der Waals surface area contributed by atoms with Crippen LogP contribution < -0.4 is 10.6 Å². The van der Waals surface area contributed by atoms with Gasteiger partial charge in [0.1, 0.15) is 12.1 Å². The summed E-state index contributed by atoms with van der Waals surface area (Å²) in [6, 6.07) is 25.9. The maximum Gasteiger partial charge on any atom is 0.327 e. The van der Waals surface area contributed by atoms with E-state index in [1.54, 1.807) is 6.20 Å². The Morgan fingerprint density at radius 2 is 1.56 bits per heavy atom. The van der Waals surface area contributed by atoms with Crippen LogP contribution in [0, 0.1) is 0 Å². The summed E-state index contributed by atoms with van der Waals surface area (Å²) in [5, 5.41) is 7.28. The first-order chi connectivity index (χ1) is 16.7. The monoisotopic (exact) mass is 452 g/mol. The van der Waals surface area contributed by atoms with Crippen LogP contribution in [-0.2, 0) is 20.1 Å². The number of amides is 1. The molecule has 0 aliphatic carbocycles. The predicted octanol–water partition coefficient (Wildman–Crippen LogP) is 3.21. The lowest BCUT2D eigenvalue weighted by Gasteiger charge is -2.44. The number of piperazine rings is 1. The van der Waals surface area contributed by atoms with E-state index in [1.165, 1.54) is 0 Å². The number of benzene rings is 3. The zero-order chi connectivity index (χ0) is 23.1. The molecule has 2 atom stereocenters. The third kappa shape index (κ3) is 3.13. The third-order valence-electron chi connectivity index (χ3n) is 6.71. The van der Waals surface area contributed by atoms with Crippen molar-refractivity contribution in [3.05, 3.63) is 102 Å². The van der Waals surface area contributed by atoms with Crippen molar-refractivity contribution in [2.75, 3.05) is 18.4 Å². The standard InChI is InChI=1S/C27H24N4O3/c32-25(30-22-15-29-21-14-8-7-13-20(21)22)23-16-28-17-24-26(33)34-27(31(23)24,18-9-3-1-4-10-18)19-11-5-2-6-12-19/h1-15,23-24,28-29H,16-17H2,(H,30,32). The summed E-state index contributed by atoms with van der Waals surface area (Å²) < 4.78 is 6.21. The number of esters is 1. The molecular weight excluding hydrogens is 428 g/mol. The van der Waals surface area contributed by atoms with E-state index in [2.05, 4.69) is 15.6 Å². The van der Waals surface area contributed by atoms with E-state index in [0.717, 1.165) is 22.0 Å². The molecule has 0 bridgehead atoms. The molecule has 2 fully saturated rings. The van der Waals surface area contributed by atoms with Gasteiger partial charge in [-0.05, 0) is 6.07 Å². The quantitative estimate of drug-likeness (QED) is 0.414. The number of cyclic esters (lactones) is 1. The largest absolute Gasteiger partial charge is 0.434 e. The molecule has 34 heavy (non-hydrogen) atoms. The first kappa shape index (κ1) is 20.7. The molecule has 3 aromatic carbocycles. The molecular formula is C27H24N4O3. The fourth-order valence-electron chi connectivity index (χ4n) is 5.19. The number of carbonyl (C=O) groups is 2. The van der Waals surface area contributed by atoms with Crippen LogP contribution in [0.2, 0.25) is 0 Å². The van der Waals surface area contributed by atoms with Crippen LogP contribution in [0.1, 0.15) is 11.1 Å². The molecule has 0 saturated carbocycles. The normalized spacial score (nSPS) is 21.7. The fraction of sp³-hybridized carbons (Fsp3) is 0.185. The molecule has 2 unspecified atom stereocenters. The molecule has 1 aromatic heterocycles. The number of rotatable bonds is 4. The van der Waals surface area contributed by atoms with Gasteiger partial charge in [0, 0.05) is 41.3 Å². The summed E-state index contributed by atoms with van der Waals surface area (Å²) in [6.45, 7) is 0.805. The lowest BCUT2D eigenvalue weighted by Crippen LogP contribution is -2.65. The first-order valence-electron chi connectivity index (χ1n) is 11.4. The number of anilines is 1. The van der Waals surface area contributed by atoms with Gasteiger partial charge in [0.25, 0.3) is 0 Å². The minimum atomic E-state index is -1.20. The van der Waals surface area contributed by atoms with Crippen molar-refractivity contribution in [1.29, 1.82) is 0 Å². The van der Waals surface area contributed by atoms with Crippen LogP contribution in [0.15, 0.2) is 91.1 Å². The molecule has 3 heterocycles. The second kappa shape index (κ2) is 8.13. The Balaban J connectivity index is 1.45. The maximum absolute atomic E-state index is 13.7. The van der Waals surface area contributed by atoms with Crippen molar-refractivity contribution in [2.45, 2.75) is 17.8 Å². The molecule has 7 heteroatoms. The molecule has 170 valence electrons. The van der Waals surface area contributed by atoms with Gasteiger partial charge in [0.05, 0.1) is 5.69 Å². The highest BCUT2D eigenvalue weighted by Gasteiger charge is 2.60. The average Bonchev–Trinajstić information content (AvgIpc) is 3.44.